The van der Waals surface area contributed by atoms with Crippen LogP contribution in [0.4, 0.5) is 4.79 Å². The van der Waals surface area contributed by atoms with Crippen LogP contribution in [-0.4, -0.2) is 51.1 Å². The molecule has 1 fully saturated rings. The molecule has 26 heavy (non-hydrogen) atoms. The molecule has 0 radical (unpaired) electrons. The Hall–Kier alpha value is -1.19. The Labute approximate surface area is 160 Å². The third-order valence-electron chi connectivity index (χ3n) is 4.35. The van der Waals surface area contributed by atoms with Gasteiger partial charge in [0, 0.05) is 12.8 Å². The Kier molecular flexibility index (Phi) is 7.85. The fraction of sp³-hybridized carbons (Fsp3) is 0.882. The molecule has 2 rings (SSSR count). The number of carbonyl (C=O) groups is 1. The number of hydrazine groups is 3. The van der Waals surface area contributed by atoms with Crippen LogP contribution < -0.4 is 11.0 Å². The first-order chi connectivity index (χ1) is 12.2. The standard InChI is InChI=1S/C17H33N5O3S/c1-17(2,3)25-16(24)19-22-18-15(21(4)20-22)26-12-14(23)11-10-13-8-6-5-7-9-13/h13-14,20,23H,5-12H2,1-4H3,(H,19,24). The molecule has 1 heterocycles. The van der Waals surface area contributed by atoms with Gasteiger partial charge >= 0.3 is 6.09 Å². The van der Waals surface area contributed by atoms with Crippen molar-refractivity contribution < 1.29 is 14.6 Å². The lowest BCUT2D eigenvalue weighted by Gasteiger charge is -2.23. The van der Waals surface area contributed by atoms with Gasteiger partial charge in [0.15, 0.2) is 0 Å². The third-order valence-corrected chi connectivity index (χ3v) is 5.52. The molecule has 1 atom stereocenters. The van der Waals surface area contributed by atoms with E-state index in [4.69, 9.17) is 4.74 Å². The van der Waals surface area contributed by atoms with Crippen molar-refractivity contribution in [2.75, 3.05) is 12.8 Å². The molecule has 0 spiro atoms. The molecule has 0 saturated heterocycles. The summed E-state index contributed by atoms with van der Waals surface area (Å²) in [5.41, 5.74) is 4.81. The van der Waals surface area contributed by atoms with E-state index in [1.165, 1.54) is 49.1 Å². The number of carbonyl (C=O) groups excluding carboxylic acids is 1. The molecule has 1 saturated carbocycles. The summed E-state index contributed by atoms with van der Waals surface area (Å²) in [7, 11) is 1.80. The second-order valence-corrected chi connectivity index (χ2v) is 9.00. The molecule has 8 nitrogen and oxygen atoms in total. The van der Waals surface area contributed by atoms with Crippen LogP contribution in [0.25, 0.3) is 0 Å². The van der Waals surface area contributed by atoms with Crippen molar-refractivity contribution in [1.82, 2.24) is 21.2 Å². The zero-order chi connectivity index (χ0) is 19.2. The van der Waals surface area contributed by atoms with Gasteiger partial charge in [-0.1, -0.05) is 43.9 Å². The number of ether oxygens (including phenoxy) is 1. The van der Waals surface area contributed by atoms with Gasteiger partial charge in [-0.3, -0.25) is 5.01 Å². The number of hydrogen-bond donors (Lipinski definition) is 3. The number of thioether (sulfide) groups is 1. The first kappa shape index (κ1) is 21.1. The van der Waals surface area contributed by atoms with Crippen LogP contribution >= 0.6 is 11.8 Å². The molecule has 9 heteroatoms. The number of rotatable bonds is 6. The minimum atomic E-state index is -0.582. The van der Waals surface area contributed by atoms with Gasteiger partial charge in [-0.15, -0.1) is 15.9 Å². The fourth-order valence-corrected chi connectivity index (χ4v) is 3.96. The van der Waals surface area contributed by atoms with E-state index >= 15 is 0 Å². The Morgan fingerprint density at radius 2 is 2.12 bits per heavy atom. The lowest BCUT2D eigenvalue weighted by atomic mass is 9.85. The van der Waals surface area contributed by atoms with E-state index in [1.54, 1.807) is 32.8 Å². The summed E-state index contributed by atoms with van der Waals surface area (Å²) < 4.78 is 5.19. The fourth-order valence-electron chi connectivity index (χ4n) is 3.08. The van der Waals surface area contributed by atoms with E-state index in [2.05, 4.69) is 16.1 Å². The highest BCUT2D eigenvalue weighted by Crippen LogP contribution is 2.28. The lowest BCUT2D eigenvalue weighted by Crippen LogP contribution is -2.50. The Bertz CT molecular complexity index is 491. The molecule has 0 aromatic rings. The van der Waals surface area contributed by atoms with Crippen LogP contribution in [0.15, 0.2) is 5.10 Å². The molecule has 0 aromatic heterocycles. The van der Waals surface area contributed by atoms with Crippen molar-refractivity contribution in [2.45, 2.75) is 77.4 Å². The van der Waals surface area contributed by atoms with E-state index in [1.807, 2.05) is 0 Å². The topological polar surface area (TPSA) is 89.4 Å². The molecule has 1 unspecified atom stereocenters. The average molecular weight is 388 g/mol. The summed E-state index contributed by atoms with van der Waals surface area (Å²) in [5.74, 6) is 1.36. The minimum Gasteiger partial charge on any atom is -0.443 e. The lowest BCUT2D eigenvalue weighted by molar-refractivity contribution is 0.0127. The second-order valence-electron chi connectivity index (χ2n) is 8.01. The average Bonchev–Trinajstić information content (AvgIpc) is 2.89. The third kappa shape index (κ3) is 7.59. The number of hydrogen-bond acceptors (Lipinski definition) is 8. The van der Waals surface area contributed by atoms with E-state index in [0.717, 1.165) is 18.8 Å². The van der Waals surface area contributed by atoms with Crippen molar-refractivity contribution in [3.05, 3.63) is 0 Å². The van der Waals surface area contributed by atoms with Crippen LogP contribution in [0.2, 0.25) is 0 Å². The summed E-state index contributed by atoms with van der Waals surface area (Å²) in [5, 5.41) is 18.1. The molecular formula is C17H33N5O3S. The van der Waals surface area contributed by atoms with Crippen molar-refractivity contribution in [3.8, 4) is 0 Å². The van der Waals surface area contributed by atoms with Gasteiger partial charge in [0.2, 0.25) is 5.17 Å². The SMILES string of the molecule is CN1NN(NC(=O)OC(C)(C)C)N=C1SCC(O)CCC1CCCCC1. The van der Waals surface area contributed by atoms with Crippen LogP contribution in [-0.2, 0) is 4.74 Å². The largest absolute Gasteiger partial charge is 0.443 e. The monoisotopic (exact) mass is 387 g/mol. The molecule has 0 aromatic carbocycles. The normalized spacial score (nSPS) is 20.1. The number of aliphatic hydroxyl groups is 1. The molecule has 150 valence electrons. The number of nitrogens with one attached hydrogen (secondary N) is 2. The predicted molar refractivity (Wildman–Crippen MR) is 104 cm³/mol. The van der Waals surface area contributed by atoms with Crippen molar-refractivity contribution in [2.24, 2.45) is 11.0 Å². The number of nitrogens with zero attached hydrogens (tertiary/aromatic N) is 3. The molecule has 2 aliphatic rings. The zero-order valence-corrected chi connectivity index (χ0v) is 17.1. The maximum absolute atomic E-state index is 11.8. The van der Waals surface area contributed by atoms with Crippen LogP contribution in [0.1, 0.15) is 65.7 Å². The van der Waals surface area contributed by atoms with Gasteiger partial charge in [-0.25, -0.2) is 4.79 Å². The predicted octanol–water partition coefficient (Wildman–Crippen LogP) is 2.82. The first-order valence-corrected chi connectivity index (χ1v) is 10.4. The summed E-state index contributed by atoms with van der Waals surface area (Å²) in [6.45, 7) is 5.40. The number of amides is 1. The maximum Gasteiger partial charge on any atom is 0.429 e. The molecular weight excluding hydrogens is 354 g/mol. The Balaban J connectivity index is 1.69. The number of aliphatic hydroxyl groups excluding tert-OH is 1. The molecule has 1 aliphatic carbocycles. The molecule has 1 aliphatic heterocycles. The highest BCUT2D eigenvalue weighted by Gasteiger charge is 2.24. The number of amidine groups is 1. The Morgan fingerprint density at radius 3 is 2.77 bits per heavy atom. The van der Waals surface area contributed by atoms with Gasteiger partial charge in [-0.05, 0) is 39.5 Å². The maximum atomic E-state index is 11.8. The quantitative estimate of drug-likeness (QED) is 0.646. The number of hydrazone groups is 1. The van der Waals surface area contributed by atoms with E-state index in [0.29, 0.717) is 10.9 Å². The summed E-state index contributed by atoms with van der Waals surface area (Å²) in [6.07, 6.45) is 7.67. The zero-order valence-electron chi connectivity index (χ0n) is 16.3. The summed E-state index contributed by atoms with van der Waals surface area (Å²) in [4.78, 5) is 11.8. The van der Waals surface area contributed by atoms with E-state index < -0.39 is 11.7 Å². The Morgan fingerprint density at radius 1 is 1.42 bits per heavy atom. The molecule has 3 N–H and O–H groups in total. The van der Waals surface area contributed by atoms with Crippen molar-refractivity contribution in [3.63, 3.8) is 0 Å². The van der Waals surface area contributed by atoms with Gasteiger partial charge in [0.25, 0.3) is 0 Å². The second kappa shape index (κ2) is 9.66. The molecule has 0 bridgehead atoms. The summed E-state index contributed by atoms with van der Waals surface area (Å²) in [6, 6.07) is 0. The van der Waals surface area contributed by atoms with Gasteiger partial charge in [-0.2, -0.15) is 5.43 Å². The highest BCUT2D eigenvalue weighted by molar-refractivity contribution is 8.13. The highest BCUT2D eigenvalue weighted by atomic mass is 32.2. The van der Waals surface area contributed by atoms with Crippen LogP contribution in [0.3, 0.4) is 0 Å². The van der Waals surface area contributed by atoms with E-state index in [9.17, 15) is 9.90 Å². The first-order valence-electron chi connectivity index (χ1n) is 9.42. The van der Waals surface area contributed by atoms with Crippen molar-refractivity contribution >= 4 is 23.0 Å². The van der Waals surface area contributed by atoms with E-state index in [-0.39, 0.29) is 6.10 Å². The van der Waals surface area contributed by atoms with Gasteiger partial charge in [0.05, 0.1) is 6.10 Å². The van der Waals surface area contributed by atoms with Gasteiger partial charge in [0.1, 0.15) is 5.60 Å². The smallest absolute Gasteiger partial charge is 0.429 e. The summed E-state index contributed by atoms with van der Waals surface area (Å²) >= 11 is 1.46. The van der Waals surface area contributed by atoms with Crippen LogP contribution in [0.5, 0.6) is 0 Å². The molecule has 1 amide bonds. The van der Waals surface area contributed by atoms with Crippen molar-refractivity contribution in [1.29, 1.82) is 0 Å². The minimum absolute atomic E-state index is 0.342. The van der Waals surface area contributed by atoms with Crippen LogP contribution in [0, 0.1) is 5.92 Å². The van der Waals surface area contributed by atoms with Gasteiger partial charge < -0.3 is 9.84 Å².